The minimum absolute atomic E-state index is 0.0711. The molecule has 1 aliphatic heterocycles. The number of benzene rings is 2. The molecule has 3 aromatic rings. The van der Waals surface area contributed by atoms with E-state index in [1.165, 1.54) is 12.1 Å². The number of ether oxygens (including phenoxy) is 2. The van der Waals surface area contributed by atoms with Crippen molar-refractivity contribution in [3.8, 4) is 11.4 Å². The lowest BCUT2D eigenvalue weighted by molar-refractivity contribution is -0.137. The number of aromatic nitrogens is 2. The highest BCUT2D eigenvalue weighted by molar-refractivity contribution is 6.30. The summed E-state index contributed by atoms with van der Waals surface area (Å²) >= 11 is 6.34. The predicted molar refractivity (Wildman–Crippen MR) is 141 cm³/mol. The van der Waals surface area contributed by atoms with Crippen molar-refractivity contribution < 1.29 is 27.4 Å². The Morgan fingerprint density at radius 2 is 1.69 bits per heavy atom. The molecular weight excluding hydrogens is 531 g/mol. The van der Waals surface area contributed by atoms with Crippen molar-refractivity contribution in [1.82, 2.24) is 14.5 Å². The second-order valence-electron chi connectivity index (χ2n) is 11.2. The van der Waals surface area contributed by atoms with Crippen LogP contribution in [0.2, 0.25) is 5.02 Å². The van der Waals surface area contributed by atoms with Crippen molar-refractivity contribution in [2.24, 2.45) is 0 Å². The standard InChI is InChI=1S/C29H31ClF3N3O3/c1-28(2,3)39-27(37)35-16-19-14-21(30)8-13-24(19)36-25(15-34-26(36)17-35)18-4-9-22(10-5-18)38-23-11-6-20(7-12-23)29(31,32)33/h6-8,11-15,18,22H,4-5,9-10,16-17H2,1-3H3. The maximum Gasteiger partial charge on any atom is 0.416 e. The van der Waals surface area contributed by atoms with Gasteiger partial charge in [0.05, 0.1) is 30.4 Å². The monoisotopic (exact) mass is 561 g/mol. The van der Waals surface area contributed by atoms with Gasteiger partial charge in [-0.05, 0) is 94.5 Å². The van der Waals surface area contributed by atoms with E-state index < -0.39 is 23.4 Å². The van der Waals surface area contributed by atoms with Crippen molar-refractivity contribution in [2.45, 2.75) is 83.3 Å². The second-order valence-corrected chi connectivity index (χ2v) is 11.6. The molecule has 1 saturated carbocycles. The van der Waals surface area contributed by atoms with E-state index in [1.54, 1.807) is 4.90 Å². The molecule has 1 fully saturated rings. The summed E-state index contributed by atoms with van der Waals surface area (Å²) in [7, 11) is 0. The molecule has 208 valence electrons. The molecule has 0 atom stereocenters. The number of halogens is 4. The summed E-state index contributed by atoms with van der Waals surface area (Å²) in [5.74, 6) is 1.41. The highest BCUT2D eigenvalue weighted by atomic mass is 35.5. The van der Waals surface area contributed by atoms with E-state index >= 15 is 0 Å². The molecule has 0 saturated heterocycles. The van der Waals surface area contributed by atoms with Crippen molar-refractivity contribution in [2.75, 3.05) is 0 Å². The number of carbonyl (C=O) groups is 1. The van der Waals surface area contributed by atoms with E-state index in [9.17, 15) is 18.0 Å². The highest BCUT2D eigenvalue weighted by Crippen LogP contribution is 2.39. The first-order chi connectivity index (χ1) is 18.4. The molecule has 2 aliphatic rings. The Morgan fingerprint density at radius 1 is 1.00 bits per heavy atom. The number of carbonyl (C=O) groups excluding carboxylic acids is 1. The maximum atomic E-state index is 13.0. The summed E-state index contributed by atoms with van der Waals surface area (Å²) < 4.78 is 52.4. The first kappa shape index (κ1) is 27.4. The topological polar surface area (TPSA) is 56.6 Å². The van der Waals surface area contributed by atoms with Crippen LogP contribution in [0.15, 0.2) is 48.7 Å². The van der Waals surface area contributed by atoms with Crippen LogP contribution in [-0.4, -0.2) is 32.2 Å². The number of hydrogen-bond donors (Lipinski definition) is 0. The van der Waals surface area contributed by atoms with Crippen molar-refractivity contribution >= 4 is 17.7 Å². The van der Waals surface area contributed by atoms with Crippen LogP contribution >= 0.6 is 11.6 Å². The largest absolute Gasteiger partial charge is 0.490 e. The van der Waals surface area contributed by atoms with E-state index in [4.69, 9.17) is 26.1 Å². The number of alkyl halides is 3. The van der Waals surface area contributed by atoms with Gasteiger partial charge in [0.25, 0.3) is 0 Å². The molecule has 1 aromatic heterocycles. The van der Waals surface area contributed by atoms with Gasteiger partial charge in [0, 0.05) is 22.8 Å². The SMILES string of the molecule is CC(C)(C)OC(=O)N1Cc2cc(Cl)ccc2-n2c(C3CCC(Oc4ccc(C(F)(F)F)cc4)CC3)cnc2C1. The molecule has 2 aromatic carbocycles. The first-order valence-electron chi connectivity index (χ1n) is 13.0. The van der Waals surface area contributed by atoms with Gasteiger partial charge in [-0.2, -0.15) is 13.2 Å². The zero-order valence-electron chi connectivity index (χ0n) is 22.1. The van der Waals surface area contributed by atoms with Gasteiger partial charge in [-0.15, -0.1) is 0 Å². The van der Waals surface area contributed by atoms with Crippen LogP contribution in [0.3, 0.4) is 0 Å². The van der Waals surface area contributed by atoms with Gasteiger partial charge in [-0.25, -0.2) is 9.78 Å². The number of amides is 1. The molecule has 39 heavy (non-hydrogen) atoms. The predicted octanol–water partition coefficient (Wildman–Crippen LogP) is 7.90. The van der Waals surface area contributed by atoms with Crippen LogP contribution in [0.5, 0.6) is 5.75 Å². The Morgan fingerprint density at radius 3 is 2.33 bits per heavy atom. The number of imidazole rings is 1. The minimum Gasteiger partial charge on any atom is -0.490 e. The van der Waals surface area contributed by atoms with E-state index in [0.717, 1.165) is 60.6 Å². The number of hydrogen-bond acceptors (Lipinski definition) is 4. The molecule has 0 radical (unpaired) electrons. The fourth-order valence-electron chi connectivity index (χ4n) is 5.26. The van der Waals surface area contributed by atoms with E-state index in [-0.39, 0.29) is 12.0 Å². The fourth-order valence-corrected chi connectivity index (χ4v) is 5.46. The normalized spacial score (nSPS) is 19.6. The first-order valence-corrected chi connectivity index (χ1v) is 13.4. The molecule has 5 rings (SSSR count). The van der Waals surface area contributed by atoms with Crippen LogP contribution in [0.25, 0.3) is 5.69 Å². The van der Waals surface area contributed by atoms with Gasteiger partial charge in [-0.3, -0.25) is 9.47 Å². The third kappa shape index (κ3) is 6.19. The third-order valence-electron chi connectivity index (χ3n) is 7.07. The van der Waals surface area contributed by atoms with Crippen LogP contribution in [-0.2, 0) is 24.0 Å². The molecular formula is C29H31ClF3N3O3. The van der Waals surface area contributed by atoms with Crippen LogP contribution in [0, 0.1) is 0 Å². The molecule has 0 bridgehead atoms. The smallest absolute Gasteiger partial charge is 0.416 e. The van der Waals surface area contributed by atoms with Gasteiger partial charge in [0.2, 0.25) is 0 Å². The average molecular weight is 562 g/mol. The Labute approximate surface area is 230 Å². The summed E-state index contributed by atoms with van der Waals surface area (Å²) in [6.45, 7) is 6.16. The molecule has 0 spiro atoms. The van der Waals surface area contributed by atoms with Crippen molar-refractivity contribution in [3.63, 3.8) is 0 Å². The van der Waals surface area contributed by atoms with Crippen LogP contribution in [0.4, 0.5) is 18.0 Å². The van der Waals surface area contributed by atoms with Crippen LogP contribution in [0.1, 0.15) is 75.0 Å². The molecule has 1 amide bonds. The highest BCUT2D eigenvalue weighted by Gasteiger charge is 2.33. The summed E-state index contributed by atoms with van der Waals surface area (Å²) in [5, 5.41) is 0.587. The van der Waals surface area contributed by atoms with Crippen molar-refractivity contribution in [1.29, 1.82) is 0 Å². The molecule has 6 nitrogen and oxygen atoms in total. The summed E-state index contributed by atoms with van der Waals surface area (Å²) in [6, 6.07) is 10.5. The Hall–Kier alpha value is -3.20. The molecule has 0 unspecified atom stereocenters. The summed E-state index contributed by atoms with van der Waals surface area (Å²) in [5.41, 5.74) is 1.60. The average Bonchev–Trinajstić information content (AvgIpc) is 3.19. The maximum absolute atomic E-state index is 13.0. The van der Waals surface area contributed by atoms with E-state index in [2.05, 4.69) is 4.57 Å². The molecule has 10 heteroatoms. The van der Waals surface area contributed by atoms with Crippen LogP contribution < -0.4 is 4.74 Å². The van der Waals surface area contributed by atoms with Gasteiger partial charge in [0.15, 0.2) is 0 Å². The zero-order valence-corrected chi connectivity index (χ0v) is 22.9. The minimum atomic E-state index is -4.37. The van der Waals surface area contributed by atoms with Gasteiger partial charge in [0.1, 0.15) is 17.2 Å². The Balaban J connectivity index is 1.33. The third-order valence-corrected chi connectivity index (χ3v) is 7.30. The summed E-state index contributed by atoms with van der Waals surface area (Å²) in [4.78, 5) is 19.4. The van der Waals surface area contributed by atoms with E-state index in [1.807, 2.05) is 45.2 Å². The lowest BCUT2D eigenvalue weighted by Gasteiger charge is -2.30. The Kier molecular flexibility index (Phi) is 7.31. The second kappa shape index (κ2) is 10.4. The van der Waals surface area contributed by atoms with E-state index in [0.29, 0.717) is 23.9 Å². The zero-order chi connectivity index (χ0) is 27.9. The quantitative estimate of drug-likeness (QED) is 0.326. The fraction of sp³-hybridized carbons (Fsp3) is 0.448. The lowest BCUT2D eigenvalue weighted by Crippen LogP contribution is -2.35. The Bertz CT molecular complexity index is 1340. The molecule has 0 N–H and O–H groups in total. The molecule has 2 heterocycles. The van der Waals surface area contributed by atoms with Gasteiger partial charge in [-0.1, -0.05) is 11.6 Å². The van der Waals surface area contributed by atoms with Crippen molar-refractivity contribution in [3.05, 3.63) is 76.3 Å². The number of nitrogens with zero attached hydrogens (tertiary/aromatic N) is 3. The number of rotatable bonds is 3. The van der Waals surface area contributed by atoms with Gasteiger partial charge >= 0.3 is 12.3 Å². The van der Waals surface area contributed by atoms with Gasteiger partial charge < -0.3 is 9.47 Å². The summed E-state index contributed by atoms with van der Waals surface area (Å²) in [6.07, 6.45) is 0.255. The lowest BCUT2D eigenvalue weighted by atomic mass is 9.85. The molecule has 1 aliphatic carbocycles. The number of fused-ring (bicyclic) bond motifs is 3.